The van der Waals surface area contributed by atoms with Crippen molar-refractivity contribution in [2.24, 2.45) is 0 Å². The van der Waals surface area contributed by atoms with Crippen molar-refractivity contribution in [2.45, 2.75) is 40.8 Å². The van der Waals surface area contributed by atoms with Crippen molar-refractivity contribution in [3.8, 4) is 11.4 Å². The van der Waals surface area contributed by atoms with Gasteiger partial charge in [-0.05, 0) is 36.4 Å². The van der Waals surface area contributed by atoms with E-state index in [1.165, 1.54) is 77.2 Å². The molecule has 0 atom stereocenters. The zero-order chi connectivity index (χ0) is 30.1. The molecular weight excluding hydrogens is 715 g/mol. The first kappa shape index (κ1) is 31.7. The molecule has 6 aromatic carbocycles. The van der Waals surface area contributed by atoms with E-state index in [0.717, 1.165) is 9.52 Å². The Morgan fingerprint density at radius 1 is 0.477 bits per heavy atom. The predicted octanol–water partition coefficient (Wildman–Crippen LogP) is 11.0. The van der Waals surface area contributed by atoms with E-state index in [0.29, 0.717) is 0 Å². The number of fused-ring (bicyclic) bond motifs is 6. The Balaban J connectivity index is 0.000000157. The molecule has 0 aliphatic rings. The summed E-state index contributed by atoms with van der Waals surface area (Å²) in [6, 6.07) is 43.2. The number of hydrogen-bond acceptors (Lipinski definition) is 0. The molecule has 0 saturated carbocycles. The molecule has 0 aliphatic carbocycles. The average molecular weight is 753 g/mol. The molecule has 8 aromatic rings. The Bertz CT molecular complexity index is 2000. The van der Waals surface area contributed by atoms with Gasteiger partial charge in [0.25, 0.3) is 0 Å². The fourth-order valence-electron chi connectivity index (χ4n) is 6.27. The molecule has 2 nitrogen and oxygen atoms in total. The van der Waals surface area contributed by atoms with Crippen LogP contribution in [-0.4, -0.2) is 18.7 Å². The zero-order valence-corrected chi connectivity index (χ0v) is 31.0. The number of rotatable bonds is 2. The number of para-hydroxylation sites is 4. The summed E-state index contributed by atoms with van der Waals surface area (Å²) in [7, 11) is 1.08. The minimum Gasteiger partial charge on any atom is -0.367 e. The SMILES string of the molecule is C[Si]C.Cc1[cH-]c2c3ccccc3n(-c3ccccc3)c2c1C.Cc1[cH-]c2c3ccccc3n(-c3ccccc3)c2c1C.[Hf]. The van der Waals surface area contributed by atoms with Gasteiger partial charge in [0.1, 0.15) is 0 Å². The van der Waals surface area contributed by atoms with Gasteiger partial charge in [-0.25, -0.2) is 0 Å². The summed E-state index contributed by atoms with van der Waals surface area (Å²) < 4.78 is 4.76. The van der Waals surface area contributed by atoms with Gasteiger partial charge in [0.15, 0.2) is 0 Å². The van der Waals surface area contributed by atoms with Crippen molar-refractivity contribution in [1.29, 1.82) is 0 Å². The summed E-state index contributed by atoms with van der Waals surface area (Å²) in [5, 5.41) is 5.39. The predicted molar refractivity (Wildman–Crippen MR) is 189 cm³/mol. The molecule has 2 aromatic heterocycles. The normalized spacial score (nSPS) is 10.9. The third kappa shape index (κ3) is 5.50. The van der Waals surface area contributed by atoms with Crippen molar-refractivity contribution in [3.63, 3.8) is 0 Å². The van der Waals surface area contributed by atoms with Crippen LogP contribution in [0.25, 0.3) is 55.0 Å². The van der Waals surface area contributed by atoms with Crippen molar-refractivity contribution in [1.82, 2.24) is 9.13 Å². The van der Waals surface area contributed by atoms with Gasteiger partial charge in [-0.1, -0.05) is 135 Å². The van der Waals surface area contributed by atoms with Crippen LogP contribution in [0.1, 0.15) is 22.3 Å². The van der Waals surface area contributed by atoms with Crippen LogP contribution < -0.4 is 0 Å². The number of aryl methyl sites for hydroxylation is 4. The third-order valence-electron chi connectivity index (χ3n) is 8.47. The largest absolute Gasteiger partial charge is 0.367 e. The Kier molecular flexibility index (Phi) is 9.72. The standard InChI is InChI=1S/2C19H16N.C2H6Si.Hf/c2*1-13-12-17-16-10-6-7-11-18(16)20(19(17)14(13)2)15-8-4-3-5-9-15;1-3-2;/h2*3-12H,1-2H3;1-2H3;/q2*-1;;. The summed E-state index contributed by atoms with van der Waals surface area (Å²) in [6.45, 7) is 13.1. The Labute approximate surface area is 282 Å². The molecule has 0 bridgehead atoms. The van der Waals surface area contributed by atoms with Crippen LogP contribution in [0.2, 0.25) is 13.1 Å². The molecule has 2 heterocycles. The molecule has 2 radical (unpaired) electrons. The van der Waals surface area contributed by atoms with E-state index in [1.807, 2.05) is 0 Å². The minimum absolute atomic E-state index is 0. The van der Waals surface area contributed by atoms with Crippen LogP contribution in [0.5, 0.6) is 0 Å². The van der Waals surface area contributed by atoms with Gasteiger partial charge in [0.2, 0.25) is 0 Å². The maximum Gasteiger partial charge on any atom is 0.0359 e. The van der Waals surface area contributed by atoms with Crippen LogP contribution in [-0.2, 0) is 25.8 Å². The summed E-state index contributed by atoms with van der Waals surface area (Å²) in [5.74, 6) is 0. The van der Waals surface area contributed by atoms with Gasteiger partial charge in [-0.15, -0.1) is 45.2 Å². The molecule has 0 N–H and O–H groups in total. The van der Waals surface area contributed by atoms with E-state index in [9.17, 15) is 0 Å². The first-order valence-corrected chi connectivity index (χ1v) is 17.0. The van der Waals surface area contributed by atoms with Crippen molar-refractivity contribution >= 4 is 53.1 Å². The van der Waals surface area contributed by atoms with Crippen LogP contribution >= 0.6 is 0 Å². The average Bonchev–Trinajstić information content (AvgIpc) is 3.72. The molecule has 0 fully saturated rings. The fraction of sp³-hybridized carbons (Fsp3) is 0.150. The molecule has 0 unspecified atom stereocenters. The first-order chi connectivity index (χ1) is 21.0. The van der Waals surface area contributed by atoms with Crippen molar-refractivity contribution < 1.29 is 25.8 Å². The fourth-order valence-corrected chi connectivity index (χ4v) is 6.27. The van der Waals surface area contributed by atoms with Crippen LogP contribution in [0.3, 0.4) is 0 Å². The minimum atomic E-state index is 0. The van der Waals surface area contributed by atoms with Crippen LogP contribution in [0.15, 0.2) is 121 Å². The number of nitrogens with zero attached hydrogens (tertiary/aromatic N) is 2. The summed E-state index contributed by atoms with van der Waals surface area (Å²) >= 11 is 0. The van der Waals surface area contributed by atoms with E-state index in [2.05, 4.69) is 171 Å². The second-order valence-corrected chi connectivity index (χ2v) is 12.3. The Hall–Kier alpha value is -3.73. The van der Waals surface area contributed by atoms with Gasteiger partial charge in [0.05, 0.1) is 0 Å². The molecule has 44 heavy (non-hydrogen) atoms. The van der Waals surface area contributed by atoms with Gasteiger partial charge in [-0.3, -0.25) is 0 Å². The van der Waals surface area contributed by atoms with Crippen molar-refractivity contribution in [2.75, 3.05) is 0 Å². The van der Waals surface area contributed by atoms with Crippen molar-refractivity contribution in [3.05, 3.63) is 144 Å². The number of benzene rings is 4. The quantitative estimate of drug-likeness (QED) is 0.123. The van der Waals surface area contributed by atoms with Gasteiger partial charge in [0, 0.05) is 57.8 Å². The van der Waals surface area contributed by atoms with Gasteiger partial charge >= 0.3 is 0 Å². The second kappa shape index (κ2) is 13.5. The zero-order valence-electron chi connectivity index (χ0n) is 26.4. The van der Waals surface area contributed by atoms with E-state index in [1.54, 1.807) is 0 Å². The molecule has 218 valence electrons. The molecule has 0 aliphatic heterocycles. The monoisotopic (exact) mass is 754 g/mol. The maximum atomic E-state index is 2.38. The molecule has 4 heteroatoms. The summed E-state index contributed by atoms with van der Waals surface area (Å²) in [6.07, 6.45) is 0. The second-order valence-electron chi connectivity index (χ2n) is 11.3. The molecule has 0 saturated heterocycles. The third-order valence-corrected chi connectivity index (χ3v) is 8.47. The van der Waals surface area contributed by atoms with Gasteiger partial charge < -0.3 is 9.13 Å². The number of hydrogen-bond donors (Lipinski definition) is 0. The topological polar surface area (TPSA) is 9.86 Å². The smallest absolute Gasteiger partial charge is 0.0359 e. The van der Waals surface area contributed by atoms with E-state index < -0.39 is 0 Å². The van der Waals surface area contributed by atoms with Crippen LogP contribution in [0, 0.1) is 27.7 Å². The Morgan fingerprint density at radius 3 is 1.16 bits per heavy atom. The molecule has 8 rings (SSSR count). The first-order valence-electron chi connectivity index (χ1n) is 15.0. The molecule has 0 amide bonds. The molecule has 0 spiro atoms. The maximum absolute atomic E-state index is 2.38. The van der Waals surface area contributed by atoms with E-state index >= 15 is 0 Å². The van der Waals surface area contributed by atoms with Gasteiger partial charge in [-0.2, -0.15) is 0 Å². The van der Waals surface area contributed by atoms with Crippen LogP contribution in [0.4, 0.5) is 0 Å². The number of aromatic nitrogens is 2. The molecular formula is C40H38HfN2Si-2. The van der Waals surface area contributed by atoms with E-state index in [4.69, 9.17) is 0 Å². The summed E-state index contributed by atoms with van der Waals surface area (Å²) in [4.78, 5) is 0. The summed E-state index contributed by atoms with van der Waals surface area (Å²) in [5.41, 5.74) is 13.2. The van der Waals surface area contributed by atoms with E-state index in [-0.39, 0.29) is 25.8 Å². The Morgan fingerprint density at radius 2 is 0.795 bits per heavy atom.